The Bertz CT molecular complexity index is 647. The molecule has 2 nitrogen and oxygen atoms in total. The molecule has 0 bridgehead atoms. The second kappa shape index (κ2) is 4.10. The molecule has 0 atom stereocenters. The molecule has 0 radical (unpaired) electrons. The molecule has 0 aliphatic carbocycles. The third kappa shape index (κ3) is 2.04. The van der Waals surface area contributed by atoms with Crippen molar-refractivity contribution in [1.29, 1.82) is 0 Å². The van der Waals surface area contributed by atoms with Crippen LogP contribution in [0.5, 0.6) is 0 Å². The average molecular weight is 299 g/mol. The second-order valence-electron chi connectivity index (χ2n) is 3.38. The van der Waals surface area contributed by atoms with Crippen LogP contribution in [0.3, 0.4) is 0 Å². The summed E-state index contributed by atoms with van der Waals surface area (Å²) in [5.41, 5.74) is -1.47. The maximum Gasteiger partial charge on any atom is 0.419 e. The van der Waals surface area contributed by atoms with E-state index in [1.807, 2.05) is 0 Å². The van der Waals surface area contributed by atoms with E-state index >= 15 is 0 Å². The van der Waals surface area contributed by atoms with Crippen LogP contribution in [0.1, 0.15) is 15.2 Å². The van der Waals surface area contributed by atoms with Crippen molar-refractivity contribution in [3.8, 4) is 0 Å². The van der Waals surface area contributed by atoms with Crippen LogP contribution in [0, 0.1) is 5.82 Å². The first-order valence-corrected chi connectivity index (χ1v) is 5.63. The highest BCUT2D eigenvalue weighted by atomic mass is 35.5. The van der Waals surface area contributed by atoms with Gasteiger partial charge in [-0.15, -0.1) is 11.3 Å². The summed E-state index contributed by atoms with van der Waals surface area (Å²) in [4.78, 5) is 10.5. The molecule has 0 saturated heterocycles. The number of rotatable bonds is 1. The van der Waals surface area contributed by atoms with E-state index in [0.717, 1.165) is 0 Å². The van der Waals surface area contributed by atoms with E-state index in [1.54, 1.807) is 0 Å². The van der Waals surface area contributed by atoms with E-state index in [4.69, 9.17) is 16.7 Å². The average Bonchev–Trinajstić information content (AvgIpc) is 2.53. The molecular weight excluding hydrogens is 296 g/mol. The highest BCUT2D eigenvalue weighted by Gasteiger charge is 2.35. The Morgan fingerprint density at radius 1 is 1.33 bits per heavy atom. The highest BCUT2D eigenvalue weighted by Crippen LogP contribution is 2.40. The number of halogens is 5. The lowest BCUT2D eigenvalue weighted by atomic mass is 10.1. The monoisotopic (exact) mass is 298 g/mol. The quantitative estimate of drug-likeness (QED) is 0.792. The van der Waals surface area contributed by atoms with Gasteiger partial charge in [0.15, 0.2) is 0 Å². The minimum atomic E-state index is -4.85. The Balaban J connectivity index is 2.79. The van der Waals surface area contributed by atoms with Crippen LogP contribution in [0.15, 0.2) is 12.1 Å². The molecule has 2 aromatic rings. The highest BCUT2D eigenvalue weighted by molar-refractivity contribution is 7.21. The molecule has 1 aromatic heterocycles. The zero-order chi connectivity index (χ0) is 13.7. The van der Waals surface area contributed by atoms with Gasteiger partial charge in [-0.25, -0.2) is 9.18 Å². The minimum absolute atomic E-state index is 0.0582. The molecule has 0 spiro atoms. The summed E-state index contributed by atoms with van der Waals surface area (Å²) in [5, 5.41) is 8.35. The van der Waals surface area contributed by atoms with E-state index < -0.39 is 23.5 Å². The van der Waals surface area contributed by atoms with Gasteiger partial charge in [-0.1, -0.05) is 11.6 Å². The van der Waals surface area contributed by atoms with E-state index in [0.29, 0.717) is 23.5 Å². The SMILES string of the molecule is O=C(O)c1sc2cc(F)c(C(F)(F)F)cc2c1Cl. The molecule has 96 valence electrons. The van der Waals surface area contributed by atoms with E-state index in [2.05, 4.69) is 0 Å². The van der Waals surface area contributed by atoms with Crippen molar-refractivity contribution in [2.24, 2.45) is 0 Å². The van der Waals surface area contributed by atoms with Crippen LogP contribution in [-0.2, 0) is 6.18 Å². The van der Waals surface area contributed by atoms with Crippen molar-refractivity contribution >= 4 is 39.0 Å². The molecule has 1 N–H and O–H groups in total. The first-order chi connectivity index (χ1) is 8.21. The summed E-state index contributed by atoms with van der Waals surface area (Å²) in [7, 11) is 0. The molecule has 18 heavy (non-hydrogen) atoms. The summed E-state index contributed by atoms with van der Waals surface area (Å²) in [6.07, 6.45) is -4.85. The molecule has 0 fully saturated rings. The fourth-order valence-corrected chi connectivity index (χ4v) is 2.79. The van der Waals surface area contributed by atoms with Gasteiger partial charge >= 0.3 is 12.1 Å². The zero-order valence-corrected chi connectivity index (χ0v) is 9.88. The van der Waals surface area contributed by atoms with Crippen molar-refractivity contribution in [1.82, 2.24) is 0 Å². The maximum absolute atomic E-state index is 13.3. The Labute approximate surface area is 106 Å². The van der Waals surface area contributed by atoms with Crippen LogP contribution >= 0.6 is 22.9 Å². The Hall–Kier alpha value is -1.34. The van der Waals surface area contributed by atoms with Crippen molar-refractivity contribution in [3.05, 3.63) is 33.4 Å². The van der Waals surface area contributed by atoms with Gasteiger partial charge in [0.05, 0.1) is 10.6 Å². The predicted molar refractivity (Wildman–Crippen MR) is 58.8 cm³/mol. The Morgan fingerprint density at radius 3 is 2.44 bits per heavy atom. The normalized spacial score (nSPS) is 12.1. The van der Waals surface area contributed by atoms with Crippen LogP contribution in [-0.4, -0.2) is 11.1 Å². The van der Waals surface area contributed by atoms with E-state index in [9.17, 15) is 22.4 Å². The van der Waals surface area contributed by atoms with Gasteiger partial charge in [-0.3, -0.25) is 0 Å². The first kappa shape index (κ1) is 13.1. The van der Waals surface area contributed by atoms with Crippen LogP contribution in [0.25, 0.3) is 10.1 Å². The van der Waals surface area contributed by atoms with Gasteiger partial charge in [0.1, 0.15) is 10.7 Å². The van der Waals surface area contributed by atoms with Gasteiger partial charge < -0.3 is 5.11 Å². The van der Waals surface area contributed by atoms with Crippen molar-refractivity contribution in [2.45, 2.75) is 6.18 Å². The molecule has 1 heterocycles. The molecular formula is C10H3ClF4O2S. The Morgan fingerprint density at radius 2 is 1.94 bits per heavy atom. The number of carbonyl (C=O) groups is 1. The van der Waals surface area contributed by atoms with Crippen molar-refractivity contribution in [2.75, 3.05) is 0 Å². The van der Waals surface area contributed by atoms with E-state index in [1.165, 1.54) is 0 Å². The zero-order valence-electron chi connectivity index (χ0n) is 8.31. The lowest BCUT2D eigenvalue weighted by molar-refractivity contribution is -0.139. The molecule has 0 amide bonds. The molecule has 0 aliphatic rings. The molecule has 0 unspecified atom stereocenters. The van der Waals surface area contributed by atoms with E-state index in [-0.39, 0.29) is 20.0 Å². The second-order valence-corrected chi connectivity index (χ2v) is 4.81. The number of fused-ring (bicyclic) bond motifs is 1. The van der Waals surface area contributed by atoms with Crippen molar-refractivity contribution < 1.29 is 27.5 Å². The van der Waals surface area contributed by atoms with Crippen LogP contribution < -0.4 is 0 Å². The number of thiophene rings is 1. The van der Waals surface area contributed by atoms with Gasteiger partial charge in [-0.2, -0.15) is 13.2 Å². The number of hydrogen-bond acceptors (Lipinski definition) is 2. The van der Waals surface area contributed by atoms with Gasteiger partial charge in [-0.05, 0) is 12.1 Å². The van der Waals surface area contributed by atoms with Gasteiger partial charge in [0.25, 0.3) is 0 Å². The molecule has 2 rings (SSSR count). The maximum atomic E-state index is 13.3. The summed E-state index contributed by atoms with van der Waals surface area (Å²) in [6.45, 7) is 0. The third-order valence-corrected chi connectivity index (χ3v) is 3.86. The summed E-state index contributed by atoms with van der Waals surface area (Å²) in [6, 6.07) is 1.16. The van der Waals surface area contributed by atoms with Crippen LogP contribution in [0.4, 0.5) is 17.6 Å². The van der Waals surface area contributed by atoms with Gasteiger partial charge in [0.2, 0.25) is 0 Å². The standard InChI is InChI=1S/C10H3ClF4O2S/c11-7-3-1-4(10(13,14)15)5(12)2-6(3)18-8(7)9(16)17/h1-2H,(H,16,17). The number of aromatic carboxylic acids is 1. The third-order valence-electron chi connectivity index (χ3n) is 2.22. The predicted octanol–water partition coefficient (Wildman–Crippen LogP) is 4.41. The molecule has 8 heteroatoms. The first-order valence-electron chi connectivity index (χ1n) is 4.44. The topological polar surface area (TPSA) is 37.3 Å². The summed E-state index contributed by atoms with van der Waals surface area (Å²) in [5.74, 6) is -2.82. The largest absolute Gasteiger partial charge is 0.477 e. The number of carboxylic acid groups (broad SMARTS) is 1. The lowest BCUT2D eigenvalue weighted by Crippen LogP contribution is -2.07. The van der Waals surface area contributed by atoms with Gasteiger partial charge in [0, 0.05) is 10.1 Å². The number of benzene rings is 1. The summed E-state index contributed by atoms with van der Waals surface area (Å²) >= 11 is 6.29. The smallest absolute Gasteiger partial charge is 0.419 e. The molecule has 0 saturated carbocycles. The summed E-state index contributed by atoms with van der Waals surface area (Å²) < 4.78 is 50.7. The fourth-order valence-electron chi connectivity index (χ4n) is 1.44. The number of hydrogen-bond donors (Lipinski definition) is 1. The molecule has 1 aromatic carbocycles. The Kier molecular flexibility index (Phi) is 2.98. The molecule has 0 aliphatic heterocycles. The van der Waals surface area contributed by atoms with Crippen molar-refractivity contribution in [3.63, 3.8) is 0 Å². The number of alkyl halides is 3. The fraction of sp³-hybridized carbons (Fsp3) is 0.100. The minimum Gasteiger partial charge on any atom is -0.477 e. The lowest BCUT2D eigenvalue weighted by Gasteiger charge is -2.07. The van der Waals surface area contributed by atoms with Crippen LogP contribution in [0.2, 0.25) is 5.02 Å². The number of carboxylic acids is 1.